The average molecular weight is 307 g/mol. The van der Waals surface area contributed by atoms with E-state index < -0.39 is 6.10 Å². The molecule has 0 fully saturated rings. The number of hydrogen-bond acceptors (Lipinski definition) is 3. The second-order valence-corrected chi connectivity index (χ2v) is 5.26. The monoisotopic (exact) mass is 306 g/mol. The first-order valence-corrected chi connectivity index (χ1v) is 7.21. The molecule has 0 heterocycles. The number of halogens is 1. The smallest absolute Gasteiger partial charge is 0.146 e. The number of benzene rings is 2. The van der Waals surface area contributed by atoms with Crippen molar-refractivity contribution < 1.29 is 14.6 Å². The summed E-state index contributed by atoms with van der Waals surface area (Å²) < 4.78 is 10.8. The Morgan fingerprint density at radius 1 is 1.14 bits per heavy atom. The third-order valence-corrected chi connectivity index (χ3v) is 3.48. The van der Waals surface area contributed by atoms with E-state index in [0.717, 1.165) is 17.7 Å². The summed E-state index contributed by atoms with van der Waals surface area (Å²) in [4.78, 5) is 0. The molecule has 0 saturated heterocycles. The Hall–Kier alpha value is -1.55. The van der Waals surface area contributed by atoms with Gasteiger partial charge in [-0.05, 0) is 48.7 Å². The van der Waals surface area contributed by atoms with Crippen LogP contribution < -0.4 is 4.74 Å². The Balaban J connectivity index is 2.07. The fraction of sp³-hybridized carbons (Fsp3) is 0.294. The lowest BCUT2D eigenvalue weighted by atomic mass is 10.1. The van der Waals surface area contributed by atoms with Crippen molar-refractivity contribution in [2.24, 2.45) is 0 Å². The zero-order chi connectivity index (χ0) is 15.2. The predicted octanol–water partition coefficient (Wildman–Crippen LogP) is 4.37. The van der Waals surface area contributed by atoms with Gasteiger partial charge in [0.15, 0.2) is 0 Å². The van der Waals surface area contributed by atoms with Gasteiger partial charge in [-0.25, -0.2) is 0 Å². The van der Waals surface area contributed by atoms with Crippen LogP contribution in [0, 0.1) is 0 Å². The molecule has 4 heteroatoms. The molecule has 0 spiro atoms. The lowest BCUT2D eigenvalue weighted by Gasteiger charge is -2.11. The number of aliphatic hydroxyl groups is 1. The van der Waals surface area contributed by atoms with Crippen LogP contribution >= 0.6 is 11.6 Å². The Bertz CT molecular complexity index is 579. The van der Waals surface area contributed by atoms with E-state index in [-0.39, 0.29) is 0 Å². The van der Waals surface area contributed by atoms with Gasteiger partial charge < -0.3 is 14.6 Å². The molecular weight excluding hydrogens is 288 g/mol. The molecule has 2 rings (SSSR count). The summed E-state index contributed by atoms with van der Waals surface area (Å²) >= 11 is 6.17. The highest BCUT2D eigenvalue weighted by Gasteiger charge is 2.07. The number of hydrogen-bond donors (Lipinski definition) is 1. The summed E-state index contributed by atoms with van der Waals surface area (Å²) in [6, 6.07) is 13.1. The first-order valence-electron chi connectivity index (χ1n) is 6.83. The van der Waals surface area contributed by atoms with Crippen LogP contribution in [0.4, 0.5) is 0 Å². The van der Waals surface area contributed by atoms with E-state index in [2.05, 4.69) is 0 Å². The fourth-order valence-corrected chi connectivity index (χ4v) is 2.16. The molecule has 1 N–H and O–H groups in total. The normalized spacial score (nSPS) is 12.2. The van der Waals surface area contributed by atoms with Gasteiger partial charge in [0.2, 0.25) is 0 Å². The van der Waals surface area contributed by atoms with Crippen molar-refractivity contribution >= 4 is 11.6 Å². The number of aliphatic hydroxyl groups excluding tert-OH is 1. The molecule has 2 aromatic rings. The van der Waals surface area contributed by atoms with Gasteiger partial charge in [0.1, 0.15) is 11.5 Å². The van der Waals surface area contributed by atoms with Gasteiger partial charge in [0.25, 0.3) is 0 Å². The van der Waals surface area contributed by atoms with Crippen LogP contribution in [0.1, 0.15) is 24.2 Å². The zero-order valence-electron chi connectivity index (χ0n) is 12.2. The highest BCUT2D eigenvalue weighted by atomic mass is 35.5. The maximum absolute atomic E-state index is 9.52. The standard InChI is InChI=1S/C17H19ClO3/c1-12(19)14-5-8-17(16(18)11-14)21-15-6-3-13(4-7-15)9-10-20-2/h3-8,11-12,19H,9-10H2,1-2H3/t12-/m1/s1. The predicted molar refractivity (Wildman–Crippen MR) is 84.2 cm³/mol. The molecule has 0 aliphatic heterocycles. The highest BCUT2D eigenvalue weighted by molar-refractivity contribution is 6.32. The number of methoxy groups -OCH3 is 1. The van der Waals surface area contributed by atoms with Crippen molar-refractivity contribution in [2.45, 2.75) is 19.4 Å². The van der Waals surface area contributed by atoms with Crippen LogP contribution in [0.2, 0.25) is 5.02 Å². The summed E-state index contributed by atoms with van der Waals surface area (Å²) in [6.45, 7) is 2.40. The summed E-state index contributed by atoms with van der Waals surface area (Å²) in [7, 11) is 1.69. The second-order valence-electron chi connectivity index (χ2n) is 4.85. The lowest BCUT2D eigenvalue weighted by molar-refractivity contribution is 0.199. The molecule has 21 heavy (non-hydrogen) atoms. The minimum atomic E-state index is -0.545. The molecule has 3 nitrogen and oxygen atoms in total. The molecular formula is C17H19ClO3. The van der Waals surface area contributed by atoms with Crippen molar-refractivity contribution in [1.29, 1.82) is 0 Å². The Morgan fingerprint density at radius 3 is 2.43 bits per heavy atom. The van der Waals surface area contributed by atoms with E-state index in [4.69, 9.17) is 21.1 Å². The average Bonchev–Trinajstić information content (AvgIpc) is 2.48. The van der Waals surface area contributed by atoms with Gasteiger partial charge in [-0.1, -0.05) is 29.8 Å². The van der Waals surface area contributed by atoms with Gasteiger partial charge in [0, 0.05) is 7.11 Å². The Morgan fingerprint density at radius 2 is 1.86 bits per heavy atom. The minimum Gasteiger partial charge on any atom is -0.456 e. The van der Waals surface area contributed by atoms with Crippen LogP contribution in [0.5, 0.6) is 11.5 Å². The van der Waals surface area contributed by atoms with E-state index in [1.807, 2.05) is 24.3 Å². The van der Waals surface area contributed by atoms with E-state index in [9.17, 15) is 5.11 Å². The molecule has 0 amide bonds. The summed E-state index contributed by atoms with van der Waals surface area (Å²) in [5, 5.41) is 10.0. The van der Waals surface area contributed by atoms with Crippen molar-refractivity contribution in [3.63, 3.8) is 0 Å². The lowest BCUT2D eigenvalue weighted by Crippen LogP contribution is -1.94. The van der Waals surface area contributed by atoms with Gasteiger partial charge in [-0.3, -0.25) is 0 Å². The third-order valence-electron chi connectivity index (χ3n) is 3.18. The Labute approximate surface area is 130 Å². The molecule has 0 unspecified atom stereocenters. The van der Waals surface area contributed by atoms with Gasteiger partial charge in [-0.2, -0.15) is 0 Å². The maximum Gasteiger partial charge on any atom is 0.146 e. The maximum atomic E-state index is 9.52. The third kappa shape index (κ3) is 4.46. The van der Waals surface area contributed by atoms with Crippen molar-refractivity contribution in [3.05, 3.63) is 58.6 Å². The summed E-state index contributed by atoms with van der Waals surface area (Å²) in [6.07, 6.45) is 0.331. The van der Waals surface area contributed by atoms with E-state index >= 15 is 0 Å². The topological polar surface area (TPSA) is 38.7 Å². The summed E-state index contributed by atoms with van der Waals surface area (Å²) in [5.41, 5.74) is 1.96. The van der Waals surface area contributed by atoms with Crippen LogP contribution in [0.3, 0.4) is 0 Å². The Kier molecular flexibility index (Phi) is 5.62. The van der Waals surface area contributed by atoms with Gasteiger partial charge in [0.05, 0.1) is 17.7 Å². The first kappa shape index (κ1) is 15.8. The summed E-state index contributed by atoms with van der Waals surface area (Å²) in [5.74, 6) is 1.30. The van der Waals surface area contributed by atoms with E-state index in [1.165, 1.54) is 5.56 Å². The van der Waals surface area contributed by atoms with Crippen molar-refractivity contribution in [1.82, 2.24) is 0 Å². The molecule has 0 aliphatic rings. The van der Waals surface area contributed by atoms with Crippen LogP contribution in [0.25, 0.3) is 0 Å². The van der Waals surface area contributed by atoms with Crippen molar-refractivity contribution in [2.75, 3.05) is 13.7 Å². The van der Waals surface area contributed by atoms with Crippen LogP contribution in [-0.2, 0) is 11.2 Å². The quantitative estimate of drug-likeness (QED) is 0.861. The van der Waals surface area contributed by atoms with Gasteiger partial charge in [-0.15, -0.1) is 0 Å². The number of ether oxygens (including phenoxy) is 2. The first-order chi connectivity index (χ1) is 10.1. The fourth-order valence-electron chi connectivity index (χ4n) is 1.93. The van der Waals surface area contributed by atoms with E-state index in [1.54, 1.807) is 32.2 Å². The SMILES string of the molecule is COCCc1ccc(Oc2ccc([C@@H](C)O)cc2Cl)cc1. The molecule has 112 valence electrons. The van der Waals surface area contributed by atoms with E-state index in [0.29, 0.717) is 17.4 Å². The molecule has 0 aliphatic carbocycles. The van der Waals surface area contributed by atoms with Gasteiger partial charge >= 0.3 is 0 Å². The largest absolute Gasteiger partial charge is 0.456 e. The van der Waals surface area contributed by atoms with Crippen LogP contribution in [-0.4, -0.2) is 18.8 Å². The highest BCUT2D eigenvalue weighted by Crippen LogP contribution is 2.31. The van der Waals surface area contributed by atoms with Crippen molar-refractivity contribution in [3.8, 4) is 11.5 Å². The second kappa shape index (κ2) is 7.46. The van der Waals surface area contributed by atoms with Crippen LogP contribution in [0.15, 0.2) is 42.5 Å². The molecule has 0 aromatic heterocycles. The number of rotatable bonds is 6. The molecule has 1 atom stereocenters. The molecule has 0 bridgehead atoms. The zero-order valence-corrected chi connectivity index (χ0v) is 12.9. The molecule has 0 saturated carbocycles. The molecule has 2 aromatic carbocycles. The molecule has 0 radical (unpaired) electrons. The minimum absolute atomic E-state index is 0.483.